The first kappa shape index (κ1) is 14.9. The molecule has 5 nitrogen and oxygen atoms in total. The van der Waals surface area contributed by atoms with Crippen molar-refractivity contribution in [3.8, 4) is 0 Å². The molecule has 5 heteroatoms. The Labute approximate surface area is 97.6 Å². The van der Waals surface area contributed by atoms with Crippen LogP contribution in [0.3, 0.4) is 0 Å². The van der Waals surface area contributed by atoms with E-state index in [4.69, 9.17) is 0 Å². The second-order valence-electron chi connectivity index (χ2n) is 4.04. The van der Waals surface area contributed by atoms with Crippen LogP contribution in [-0.4, -0.2) is 49.4 Å². The lowest BCUT2D eigenvalue weighted by molar-refractivity contribution is -0.131. The molecular weight excluding hydrogens is 206 g/mol. The molecule has 0 unspecified atom stereocenters. The van der Waals surface area contributed by atoms with E-state index in [1.54, 1.807) is 11.9 Å². The van der Waals surface area contributed by atoms with Crippen LogP contribution in [0.5, 0.6) is 0 Å². The number of carbonyl (C=O) groups excluding carboxylic acids is 2. The topological polar surface area (TPSA) is 61.4 Å². The van der Waals surface area contributed by atoms with Crippen molar-refractivity contribution in [1.29, 1.82) is 0 Å². The summed E-state index contributed by atoms with van der Waals surface area (Å²) in [7, 11) is 1.72. The number of rotatable bonds is 7. The first-order valence-electron chi connectivity index (χ1n) is 5.71. The van der Waals surface area contributed by atoms with Crippen LogP contribution in [0.4, 0.5) is 0 Å². The van der Waals surface area contributed by atoms with Gasteiger partial charge in [-0.25, -0.2) is 0 Å². The van der Waals surface area contributed by atoms with E-state index in [2.05, 4.69) is 10.6 Å². The molecule has 0 rings (SSSR count). The summed E-state index contributed by atoms with van der Waals surface area (Å²) in [6.45, 7) is 7.33. The second kappa shape index (κ2) is 8.10. The molecule has 2 amide bonds. The molecule has 0 aromatic carbocycles. The summed E-state index contributed by atoms with van der Waals surface area (Å²) in [5.41, 5.74) is 0. The van der Waals surface area contributed by atoms with Crippen molar-refractivity contribution >= 4 is 11.8 Å². The van der Waals surface area contributed by atoms with Crippen LogP contribution in [0.2, 0.25) is 0 Å². The summed E-state index contributed by atoms with van der Waals surface area (Å²) in [5.74, 6) is -0.154. The highest BCUT2D eigenvalue weighted by molar-refractivity contribution is 5.84. The van der Waals surface area contributed by atoms with Crippen LogP contribution in [-0.2, 0) is 9.59 Å². The second-order valence-corrected chi connectivity index (χ2v) is 4.04. The maximum absolute atomic E-state index is 11.4. The van der Waals surface area contributed by atoms with E-state index < -0.39 is 0 Å². The van der Waals surface area contributed by atoms with Crippen LogP contribution in [0.15, 0.2) is 0 Å². The minimum atomic E-state index is -0.0917. The van der Waals surface area contributed by atoms with E-state index in [1.807, 2.05) is 20.8 Å². The SMILES string of the molecule is CCN(C)C(=O)CNC(=O)CCNC(C)C. The van der Waals surface area contributed by atoms with Gasteiger partial charge in [-0.1, -0.05) is 13.8 Å². The number of likely N-dealkylation sites (N-methyl/N-ethyl adjacent to an activating group) is 1. The summed E-state index contributed by atoms with van der Waals surface area (Å²) in [5, 5.41) is 5.74. The number of amides is 2. The van der Waals surface area contributed by atoms with Crippen molar-refractivity contribution in [3.63, 3.8) is 0 Å². The number of hydrogen-bond acceptors (Lipinski definition) is 3. The van der Waals surface area contributed by atoms with Gasteiger partial charge in [-0.05, 0) is 6.92 Å². The van der Waals surface area contributed by atoms with Crippen molar-refractivity contribution in [2.24, 2.45) is 0 Å². The van der Waals surface area contributed by atoms with Crippen molar-refractivity contribution < 1.29 is 9.59 Å². The molecule has 94 valence electrons. The molecule has 2 N–H and O–H groups in total. The Balaban J connectivity index is 3.61. The number of carbonyl (C=O) groups is 2. The number of nitrogens with one attached hydrogen (secondary N) is 2. The Bertz CT molecular complexity index is 229. The lowest BCUT2D eigenvalue weighted by Gasteiger charge is -2.14. The van der Waals surface area contributed by atoms with Gasteiger partial charge in [0.05, 0.1) is 6.54 Å². The maximum Gasteiger partial charge on any atom is 0.241 e. The molecule has 0 heterocycles. The van der Waals surface area contributed by atoms with Gasteiger partial charge in [0.2, 0.25) is 11.8 Å². The first-order chi connectivity index (χ1) is 7.47. The zero-order chi connectivity index (χ0) is 12.6. The van der Waals surface area contributed by atoms with E-state index in [0.29, 0.717) is 25.6 Å². The highest BCUT2D eigenvalue weighted by Gasteiger charge is 2.08. The molecule has 0 aliphatic carbocycles. The third-order valence-corrected chi connectivity index (χ3v) is 2.24. The minimum absolute atomic E-state index is 0.0623. The molecule has 0 aromatic rings. The Morgan fingerprint density at radius 3 is 2.44 bits per heavy atom. The molecule has 0 atom stereocenters. The third kappa shape index (κ3) is 7.23. The summed E-state index contributed by atoms with van der Waals surface area (Å²) < 4.78 is 0. The molecule has 0 bridgehead atoms. The van der Waals surface area contributed by atoms with Gasteiger partial charge in [-0.3, -0.25) is 9.59 Å². The fourth-order valence-corrected chi connectivity index (χ4v) is 1.05. The van der Waals surface area contributed by atoms with E-state index >= 15 is 0 Å². The van der Waals surface area contributed by atoms with Crippen molar-refractivity contribution in [1.82, 2.24) is 15.5 Å². The molecule has 0 fully saturated rings. The Morgan fingerprint density at radius 1 is 1.31 bits per heavy atom. The van der Waals surface area contributed by atoms with Gasteiger partial charge in [-0.2, -0.15) is 0 Å². The molecule has 0 radical (unpaired) electrons. The lowest BCUT2D eigenvalue weighted by atomic mass is 10.3. The van der Waals surface area contributed by atoms with Gasteiger partial charge in [0.25, 0.3) is 0 Å². The maximum atomic E-state index is 11.4. The molecule has 16 heavy (non-hydrogen) atoms. The summed E-state index contributed by atoms with van der Waals surface area (Å²) in [6, 6.07) is 0.376. The molecule has 0 aromatic heterocycles. The average Bonchev–Trinajstić information content (AvgIpc) is 2.24. The van der Waals surface area contributed by atoms with Crippen LogP contribution < -0.4 is 10.6 Å². The summed E-state index contributed by atoms with van der Waals surface area (Å²) >= 11 is 0. The highest BCUT2D eigenvalue weighted by Crippen LogP contribution is 1.84. The highest BCUT2D eigenvalue weighted by atomic mass is 16.2. The predicted molar refractivity (Wildman–Crippen MR) is 64.1 cm³/mol. The van der Waals surface area contributed by atoms with E-state index in [1.165, 1.54) is 0 Å². The van der Waals surface area contributed by atoms with E-state index in [9.17, 15) is 9.59 Å². The summed E-state index contributed by atoms with van der Waals surface area (Å²) in [6.07, 6.45) is 0.404. The van der Waals surface area contributed by atoms with Gasteiger partial charge < -0.3 is 15.5 Å². The fraction of sp³-hybridized carbons (Fsp3) is 0.818. The van der Waals surface area contributed by atoms with Gasteiger partial charge in [0.1, 0.15) is 0 Å². The third-order valence-electron chi connectivity index (χ3n) is 2.24. The zero-order valence-electron chi connectivity index (χ0n) is 10.7. The smallest absolute Gasteiger partial charge is 0.241 e. The molecule has 0 aliphatic heterocycles. The first-order valence-corrected chi connectivity index (χ1v) is 5.71. The Hall–Kier alpha value is -1.10. The van der Waals surface area contributed by atoms with Gasteiger partial charge in [0.15, 0.2) is 0 Å². The zero-order valence-corrected chi connectivity index (χ0v) is 10.7. The van der Waals surface area contributed by atoms with Gasteiger partial charge in [-0.15, -0.1) is 0 Å². The van der Waals surface area contributed by atoms with E-state index in [0.717, 1.165) is 0 Å². The minimum Gasteiger partial charge on any atom is -0.347 e. The van der Waals surface area contributed by atoms with Crippen LogP contribution in [0.25, 0.3) is 0 Å². The summed E-state index contributed by atoms with van der Waals surface area (Å²) in [4.78, 5) is 24.3. The fourth-order valence-electron chi connectivity index (χ4n) is 1.05. The molecular formula is C11H23N3O2. The Kier molecular flexibility index (Phi) is 7.54. The molecule has 0 saturated heterocycles. The average molecular weight is 229 g/mol. The van der Waals surface area contributed by atoms with E-state index in [-0.39, 0.29) is 18.4 Å². The monoisotopic (exact) mass is 229 g/mol. The number of hydrogen-bond donors (Lipinski definition) is 2. The molecule has 0 spiro atoms. The van der Waals surface area contributed by atoms with Crippen molar-refractivity contribution in [2.75, 3.05) is 26.7 Å². The Morgan fingerprint density at radius 2 is 1.94 bits per heavy atom. The van der Waals surface area contributed by atoms with Crippen molar-refractivity contribution in [2.45, 2.75) is 33.2 Å². The largest absolute Gasteiger partial charge is 0.347 e. The van der Waals surface area contributed by atoms with Crippen molar-refractivity contribution in [3.05, 3.63) is 0 Å². The lowest BCUT2D eigenvalue weighted by Crippen LogP contribution is -2.39. The van der Waals surface area contributed by atoms with Crippen LogP contribution in [0, 0.1) is 0 Å². The normalized spacial score (nSPS) is 10.3. The predicted octanol–water partition coefficient (Wildman–Crippen LogP) is -0.0310. The van der Waals surface area contributed by atoms with Gasteiger partial charge >= 0.3 is 0 Å². The number of nitrogens with zero attached hydrogens (tertiary/aromatic N) is 1. The molecule has 0 aliphatic rings. The van der Waals surface area contributed by atoms with Crippen LogP contribution >= 0.6 is 0 Å². The van der Waals surface area contributed by atoms with Crippen LogP contribution in [0.1, 0.15) is 27.2 Å². The quantitative estimate of drug-likeness (QED) is 0.644. The molecule has 0 saturated carbocycles. The van der Waals surface area contributed by atoms with Gasteiger partial charge in [0, 0.05) is 32.6 Å². The standard InChI is InChI=1S/C11H23N3O2/c1-5-14(4)11(16)8-13-10(15)6-7-12-9(2)3/h9,12H,5-8H2,1-4H3,(H,13,15).